The van der Waals surface area contributed by atoms with E-state index in [0.29, 0.717) is 13.0 Å². The van der Waals surface area contributed by atoms with Gasteiger partial charge in [0.2, 0.25) is 0 Å². The van der Waals surface area contributed by atoms with Gasteiger partial charge in [-0.05, 0) is 36.8 Å². The Morgan fingerprint density at radius 3 is 2.79 bits per heavy atom. The Bertz CT molecular complexity index is 1030. The summed E-state index contributed by atoms with van der Waals surface area (Å²) in [6, 6.07) is 17.6. The summed E-state index contributed by atoms with van der Waals surface area (Å²) in [7, 11) is 1.95. The van der Waals surface area contributed by atoms with Gasteiger partial charge in [0.15, 0.2) is 0 Å². The summed E-state index contributed by atoms with van der Waals surface area (Å²) in [6.07, 6.45) is 2.09. The Hall–Kier alpha value is -3.66. The molecule has 0 aliphatic heterocycles. The molecule has 3 rings (SSSR count). The number of para-hydroxylation sites is 2. The number of imidazole rings is 1. The van der Waals surface area contributed by atoms with Crippen molar-refractivity contribution in [3.63, 3.8) is 0 Å². The molecule has 0 unspecified atom stereocenters. The first-order chi connectivity index (χ1) is 13.6. The maximum absolute atomic E-state index is 12.2. The van der Waals surface area contributed by atoms with Crippen molar-refractivity contribution in [3.05, 3.63) is 59.9 Å². The monoisotopic (exact) mass is 374 g/mol. The van der Waals surface area contributed by atoms with Crippen molar-refractivity contribution in [2.75, 3.05) is 18.5 Å². The Morgan fingerprint density at radius 2 is 2.04 bits per heavy atom. The number of aryl methyl sites for hydroxylation is 1. The molecule has 1 aromatic heterocycles. The first-order valence-electron chi connectivity index (χ1n) is 9.00. The van der Waals surface area contributed by atoms with E-state index in [2.05, 4.69) is 21.6 Å². The van der Waals surface area contributed by atoms with E-state index in [1.54, 1.807) is 6.21 Å². The lowest BCUT2D eigenvalue weighted by Crippen LogP contribution is -2.23. The zero-order valence-electron chi connectivity index (χ0n) is 16.0. The maximum atomic E-state index is 12.2. The molecule has 0 aliphatic carbocycles. The fourth-order valence-corrected chi connectivity index (χ4v) is 2.91. The molecule has 0 saturated carbocycles. The van der Waals surface area contributed by atoms with Gasteiger partial charge in [0.05, 0.1) is 29.7 Å². The van der Waals surface area contributed by atoms with Crippen molar-refractivity contribution < 1.29 is 4.79 Å². The Balaban J connectivity index is 1.57. The minimum absolute atomic E-state index is 0.159. The Labute approximate surface area is 163 Å². The van der Waals surface area contributed by atoms with Crippen LogP contribution in [-0.2, 0) is 11.3 Å². The van der Waals surface area contributed by atoms with Crippen LogP contribution in [0.3, 0.4) is 0 Å². The average Bonchev–Trinajstić information content (AvgIpc) is 3.02. The number of hydrazone groups is 1. The molecule has 142 valence electrons. The molecule has 0 spiro atoms. The van der Waals surface area contributed by atoms with Crippen LogP contribution in [0.4, 0.5) is 5.69 Å². The molecule has 0 fully saturated rings. The molecule has 1 heterocycles. The topological polar surface area (TPSA) is 86.3 Å². The number of hydrogen-bond donors (Lipinski definition) is 1. The number of aromatic nitrogens is 2. The largest absolute Gasteiger partial charge is 0.374 e. The van der Waals surface area contributed by atoms with E-state index in [1.165, 1.54) is 0 Å². The molecule has 1 amide bonds. The summed E-state index contributed by atoms with van der Waals surface area (Å²) < 4.78 is 1.87. The Kier molecular flexibility index (Phi) is 6.02. The number of anilines is 1. The van der Waals surface area contributed by atoms with Gasteiger partial charge in [0.1, 0.15) is 12.4 Å². The summed E-state index contributed by atoms with van der Waals surface area (Å²) in [5.74, 6) is 0.576. The highest BCUT2D eigenvalue weighted by molar-refractivity contribution is 5.84. The first-order valence-corrected chi connectivity index (χ1v) is 9.00. The van der Waals surface area contributed by atoms with Crippen molar-refractivity contribution in [1.29, 1.82) is 5.26 Å². The van der Waals surface area contributed by atoms with Gasteiger partial charge in [0.25, 0.3) is 5.91 Å². The highest BCUT2D eigenvalue weighted by Gasteiger charge is 2.10. The number of nitrogens with one attached hydrogen (secondary N) is 1. The second-order valence-corrected chi connectivity index (χ2v) is 6.45. The third kappa shape index (κ3) is 4.54. The van der Waals surface area contributed by atoms with Gasteiger partial charge in [-0.25, -0.2) is 10.4 Å². The summed E-state index contributed by atoms with van der Waals surface area (Å²) in [5.41, 5.74) is 6.26. The van der Waals surface area contributed by atoms with Crippen molar-refractivity contribution in [2.45, 2.75) is 19.9 Å². The van der Waals surface area contributed by atoms with Crippen LogP contribution in [-0.4, -0.2) is 35.3 Å². The predicted octanol–water partition coefficient (Wildman–Crippen LogP) is 2.84. The molecular formula is C21H22N6O. The number of amides is 1. The highest BCUT2D eigenvalue weighted by Crippen LogP contribution is 2.15. The standard InChI is InChI=1S/C21H22N6O/c1-16-24-19-6-3-4-7-20(19)27(16)15-21(28)25-23-14-17-8-10-18(11-9-17)26(2)13-5-12-22/h3-4,6-11,14H,5,13,15H2,1-2H3,(H,25,28)/b23-14-. The number of rotatable bonds is 7. The van der Waals surface area contributed by atoms with Crippen molar-refractivity contribution in [3.8, 4) is 6.07 Å². The Morgan fingerprint density at radius 1 is 1.29 bits per heavy atom. The molecule has 0 aliphatic rings. The quantitative estimate of drug-likeness (QED) is 0.509. The van der Waals surface area contributed by atoms with E-state index in [0.717, 1.165) is 28.1 Å². The summed E-state index contributed by atoms with van der Waals surface area (Å²) in [4.78, 5) is 18.7. The number of carbonyl (C=O) groups excluding carboxylic acids is 1. The summed E-state index contributed by atoms with van der Waals surface area (Å²) in [6.45, 7) is 2.72. The zero-order chi connectivity index (χ0) is 19.9. The molecule has 0 radical (unpaired) electrons. The second-order valence-electron chi connectivity index (χ2n) is 6.45. The van der Waals surface area contributed by atoms with Crippen molar-refractivity contribution in [1.82, 2.24) is 15.0 Å². The van der Waals surface area contributed by atoms with Gasteiger partial charge in [-0.15, -0.1) is 0 Å². The smallest absolute Gasteiger partial charge is 0.260 e. The van der Waals surface area contributed by atoms with Crippen LogP contribution < -0.4 is 10.3 Å². The average molecular weight is 374 g/mol. The number of carbonyl (C=O) groups is 1. The van der Waals surface area contributed by atoms with Crippen molar-refractivity contribution >= 4 is 28.8 Å². The highest BCUT2D eigenvalue weighted by atomic mass is 16.2. The maximum Gasteiger partial charge on any atom is 0.260 e. The fraction of sp³-hybridized carbons (Fsp3) is 0.238. The second kappa shape index (κ2) is 8.82. The lowest BCUT2D eigenvalue weighted by atomic mass is 10.2. The molecule has 0 atom stereocenters. The zero-order valence-corrected chi connectivity index (χ0v) is 16.0. The lowest BCUT2D eigenvalue weighted by Gasteiger charge is -2.17. The normalized spacial score (nSPS) is 10.9. The van der Waals surface area contributed by atoms with E-state index < -0.39 is 0 Å². The minimum Gasteiger partial charge on any atom is -0.374 e. The van der Waals surface area contributed by atoms with E-state index in [-0.39, 0.29) is 12.5 Å². The number of benzene rings is 2. The predicted molar refractivity (Wildman–Crippen MR) is 110 cm³/mol. The third-order valence-corrected chi connectivity index (χ3v) is 4.44. The fourth-order valence-electron chi connectivity index (χ4n) is 2.91. The van der Waals surface area contributed by atoms with Crippen LogP contribution in [0.15, 0.2) is 53.6 Å². The van der Waals surface area contributed by atoms with Crippen LogP contribution in [0.2, 0.25) is 0 Å². The third-order valence-electron chi connectivity index (χ3n) is 4.44. The van der Waals surface area contributed by atoms with Gasteiger partial charge in [-0.1, -0.05) is 24.3 Å². The van der Waals surface area contributed by atoms with E-state index in [4.69, 9.17) is 5.26 Å². The van der Waals surface area contributed by atoms with Crippen LogP contribution >= 0.6 is 0 Å². The van der Waals surface area contributed by atoms with Gasteiger partial charge < -0.3 is 9.47 Å². The van der Waals surface area contributed by atoms with E-state index in [1.807, 2.05) is 72.0 Å². The molecule has 3 aromatic rings. The van der Waals surface area contributed by atoms with Crippen LogP contribution in [0, 0.1) is 18.3 Å². The minimum atomic E-state index is -0.213. The number of hydrogen-bond acceptors (Lipinski definition) is 5. The molecule has 7 nitrogen and oxygen atoms in total. The lowest BCUT2D eigenvalue weighted by molar-refractivity contribution is -0.121. The van der Waals surface area contributed by atoms with Gasteiger partial charge in [-0.2, -0.15) is 10.4 Å². The van der Waals surface area contributed by atoms with Gasteiger partial charge >= 0.3 is 0 Å². The molecule has 28 heavy (non-hydrogen) atoms. The number of nitriles is 1. The van der Waals surface area contributed by atoms with E-state index in [9.17, 15) is 4.79 Å². The van der Waals surface area contributed by atoms with Gasteiger partial charge in [0, 0.05) is 19.3 Å². The van der Waals surface area contributed by atoms with Crippen LogP contribution in [0.1, 0.15) is 17.8 Å². The number of fused-ring (bicyclic) bond motifs is 1. The molecular weight excluding hydrogens is 352 g/mol. The van der Waals surface area contributed by atoms with Crippen molar-refractivity contribution in [2.24, 2.45) is 5.10 Å². The van der Waals surface area contributed by atoms with Gasteiger partial charge in [-0.3, -0.25) is 4.79 Å². The molecule has 2 aromatic carbocycles. The molecule has 7 heteroatoms. The first kappa shape index (κ1) is 19.1. The number of nitrogens with zero attached hydrogens (tertiary/aromatic N) is 5. The van der Waals surface area contributed by atoms with Crippen LogP contribution in [0.25, 0.3) is 11.0 Å². The molecule has 1 N–H and O–H groups in total. The van der Waals surface area contributed by atoms with E-state index >= 15 is 0 Å². The SMILES string of the molecule is Cc1nc2ccccc2n1CC(=O)N/N=C\c1ccc(N(C)CCC#N)cc1. The summed E-state index contributed by atoms with van der Waals surface area (Å²) >= 11 is 0. The molecule has 0 saturated heterocycles. The molecule has 0 bridgehead atoms. The van der Waals surface area contributed by atoms with Crippen LogP contribution in [0.5, 0.6) is 0 Å². The summed E-state index contributed by atoms with van der Waals surface area (Å²) in [5, 5.41) is 12.7.